The van der Waals surface area contributed by atoms with Gasteiger partial charge in [-0.2, -0.15) is 9.67 Å². The van der Waals surface area contributed by atoms with Crippen molar-refractivity contribution in [2.75, 3.05) is 42.1 Å². The van der Waals surface area contributed by atoms with Crippen LogP contribution in [0.4, 0.5) is 23.3 Å². The van der Waals surface area contributed by atoms with E-state index in [2.05, 4.69) is 77.6 Å². The van der Waals surface area contributed by atoms with E-state index in [1.54, 1.807) is 22.3 Å². The summed E-state index contributed by atoms with van der Waals surface area (Å²) < 4.78 is 1.67. The van der Waals surface area contributed by atoms with E-state index in [0.29, 0.717) is 11.8 Å². The maximum atomic E-state index is 6.07. The van der Waals surface area contributed by atoms with Crippen LogP contribution < -0.4 is 16.0 Å². The molecule has 2 aliphatic carbocycles. The molecular weight excluding hydrogens is 530 g/mol. The van der Waals surface area contributed by atoms with Crippen molar-refractivity contribution in [2.45, 2.75) is 31.7 Å². The summed E-state index contributed by atoms with van der Waals surface area (Å²) in [7, 11) is 0. The number of anilines is 4. The number of thiophene rings is 1. The zero-order valence-corrected chi connectivity index (χ0v) is 23.7. The Morgan fingerprint density at radius 2 is 1.73 bits per heavy atom. The van der Waals surface area contributed by atoms with Crippen molar-refractivity contribution >= 4 is 44.8 Å². The van der Waals surface area contributed by atoms with Crippen LogP contribution in [0, 0.1) is 11.8 Å². The van der Waals surface area contributed by atoms with E-state index in [1.807, 2.05) is 18.2 Å². The Morgan fingerprint density at radius 1 is 0.902 bits per heavy atom. The highest BCUT2D eigenvalue weighted by Crippen LogP contribution is 2.46. The van der Waals surface area contributed by atoms with Gasteiger partial charge < -0.3 is 16.0 Å². The first-order valence-electron chi connectivity index (χ1n) is 14.6. The summed E-state index contributed by atoms with van der Waals surface area (Å²) in [6.07, 6.45) is 7.39. The number of hydrogen-bond acceptors (Lipinski definition) is 9. The standard InChI is InChI=1S/C31H33N9S/c32-30-36-31(40(37-30)28-25-18-27(21-4-2-1-3-5-21)41-29(25)34-19-33-28)35-23-8-10-24(11-9-23)38-12-14-39(15-13-38)26-17-20-6-7-22(26)16-20/h1-5,8-11,18-20,22,26H,6-7,12-17H2,(H3,32,35,36,37). The first-order valence-corrected chi connectivity index (χ1v) is 15.4. The zero-order valence-electron chi connectivity index (χ0n) is 22.9. The van der Waals surface area contributed by atoms with Gasteiger partial charge in [0.25, 0.3) is 0 Å². The normalized spacial score (nSPS) is 22.5. The van der Waals surface area contributed by atoms with Crippen molar-refractivity contribution < 1.29 is 0 Å². The van der Waals surface area contributed by atoms with Gasteiger partial charge in [0.2, 0.25) is 11.9 Å². The third-order valence-electron chi connectivity index (χ3n) is 9.16. The topological polar surface area (TPSA) is 101 Å². The third-order valence-corrected chi connectivity index (χ3v) is 10.3. The highest BCUT2D eigenvalue weighted by Gasteiger charge is 2.42. The molecule has 3 N–H and O–H groups in total. The average Bonchev–Trinajstić information content (AvgIpc) is 3.82. The van der Waals surface area contributed by atoms with Gasteiger partial charge in [0.1, 0.15) is 11.2 Å². The molecular formula is C31H33N9S. The summed E-state index contributed by atoms with van der Waals surface area (Å²) in [4.78, 5) is 20.8. The SMILES string of the molecule is Nc1nc(Nc2ccc(N3CCN(C4CC5CCC4C5)CC3)cc2)n(-c2ncnc3sc(-c4ccccc4)cc23)n1. The second-order valence-electron chi connectivity index (χ2n) is 11.5. The molecule has 2 saturated carbocycles. The first kappa shape index (κ1) is 24.8. The molecule has 3 aromatic heterocycles. The zero-order chi connectivity index (χ0) is 27.3. The molecule has 3 atom stereocenters. The predicted octanol–water partition coefficient (Wildman–Crippen LogP) is 5.58. The monoisotopic (exact) mass is 563 g/mol. The van der Waals surface area contributed by atoms with Crippen LogP contribution in [-0.2, 0) is 0 Å². The van der Waals surface area contributed by atoms with E-state index in [-0.39, 0.29) is 5.95 Å². The molecule has 5 aromatic rings. The van der Waals surface area contributed by atoms with Crippen LogP contribution >= 0.6 is 11.3 Å². The number of rotatable bonds is 6. The molecule has 4 heterocycles. The lowest BCUT2D eigenvalue weighted by Crippen LogP contribution is -2.51. The summed E-state index contributed by atoms with van der Waals surface area (Å²) in [5.41, 5.74) is 9.40. The maximum absolute atomic E-state index is 6.07. The average molecular weight is 564 g/mol. The number of nitrogen functional groups attached to an aromatic ring is 1. The van der Waals surface area contributed by atoms with Gasteiger partial charge in [-0.3, -0.25) is 4.90 Å². The summed E-state index contributed by atoms with van der Waals surface area (Å²) in [5.74, 6) is 3.30. The molecule has 0 spiro atoms. The fourth-order valence-electron chi connectivity index (χ4n) is 7.17. The van der Waals surface area contributed by atoms with Crippen molar-refractivity contribution in [3.63, 3.8) is 0 Å². The van der Waals surface area contributed by atoms with Crippen molar-refractivity contribution in [3.8, 4) is 16.3 Å². The van der Waals surface area contributed by atoms with Gasteiger partial charge in [-0.05, 0) is 67.0 Å². The Hall–Kier alpha value is -4.02. The van der Waals surface area contributed by atoms with Crippen LogP contribution in [0.2, 0.25) is 0 Å². The van der Waals surface area contributed by atoms with Crippen LogP contribution in [0.25, 0.3) is 26.5 Å². The number of nitrogens with one attached hydrogen (secondary N) is 1. The summed E-state index contributed by atoms with van der Waals surface area (Å²) in [6.45, 7) is 4.50. The minimum atomic E-state index is 0.183. The molecule has 9 nitrogen and oxygen atoms in total. The van der Waals surface area contributed by atoms with Gasteiger partial charge >= 0.3 is 0 Å². The number of nitrogens with two attached hydrogens (primary N) is 1. The molecule has 2 bridgehead atoms. The van der Waals surface area contributed by atoms with Crippen molar-refractivity contribution in [2.24, 2.45) is 11.8 Å². The summed E-state index contributed by atoms with van der Waals surface area (Å²) in [6, 6.07) is 21.8. The fourth-order valence-corrected chi connectivity index (χ4v) is 8.17. The van der Waals surface area contributed by atoms with Crippen LogP contribution in [-0.4, -0.2) is 61.9 Å². The van der Waals surface area contributed by atoms with E-state index in [0.717, 1.165) is 70.4 Å². The van der Waals surface area contributed by atoms with E-state index < -0.39 is 0 Å². The molecule has 2 aromatic carbocycles. The molecule has 0 radical (unpaired) electrons. The molecule has 10 heteroatoms. The highest BCUT2D eigenvalue weighted by atomic mass is 32.1. The molecule has 3 fully saturated rings. The Balaban J connectivity index is 0.991. The van der Waals surface area contributed by atoms with Crippen LogP contribution in [0.15, 0.2) is 67.0 Å². The van der Waals surface area contributed by atoms with E-state index in [4.69, 9.17) is 5.73 Å². The van der Waals surface area contributed by atoms with E-state index in [1.165, 1.54) is 31.4 Å². The lowest BCUT2D eigenvalue weighted by molar-refractivity contribution is 0.135. The van der Waals surface area contributed by atoms with Crippen molar-refractivity contribution in [1.82, 2.24) is 29.6 Å². The number of aromatic nitrogens is 5. The maximum Gasteiger partial charge on any atom is 0.241 e. The van der Waals surface area contributed by atoms with Crippen molar-refractivity contribution in [1.29, 1.82) is 0 Å². The van der Waals surface area contributed by atoms with Gasteiger partial charge in [-0.15, -0.1) is 16.4 Å². The van der Waals surface area contributed by atoms with Gasteiger partial charge in [0, 0.05) is 48.5 Å². The van der Waals surface area contributed by atoms with Gasteiger partial charge in [0.05, 0.1) is 5.39 Å². The third kappa shape index (κ3) is 4.61. The number of fused-ring (bicyclic) bond motifs is 3. The minimum absolute atomic E-state index is 0.183. The van der Waals surface area contributed by atoms with E-state index in [9.17, 15) is 0 Å². The van der Waals surface area contributed by atoms with Gasteiger partial charge in [-0.1, -0.05) is 36.8 Å². The number of piperazine rings is 1. The van der Waals surface area contributed by atoms with E-state index >= 15 is 0 Å². The molecule has 3 unspecified atom stereocenters. The van der Waals surface area contributed by atoms with Gasteiger partial charge in [-0.25, -0.2) is 9.97 Å². The Morgan fingerprint density at radius 3 is 2.49 bits per heavy atom. The molecule has 41 heavy (non-hydrogen) atoms. The Bertz CT molecular complexity index is 1670. The minimum Gasteiger partial charge on any atom is -0.369 e. The Kier molecular flexibility index (Phi) is 6.10. The Labute approximate surface area is 243 Å². The number of benzene rings is 2. The summed E-state index contributed by atoms with van der Waals surface area (Å²) in [5, 5.41) is 8.79. The largest absolute Gasteiger partial charge is 0.369 e. The highest BCUT2D eigenvalue weighted by molar-refractivity contribution is 7.21. The van der Waals surface area contributed by atoms with Crippen LogP contribution in [0.3, 0.4) is 0 Å². The molecule has 0 amide bonds. The molecule has 208 valence electrons. The van der Waals surface area contributed by atoms with Crippen molar-refractivity contribution in [3.05, 3.63) is 67.0 Å². The molecule has 8 rings (SSSR count). The second kappa shape index (κ2) is 10.1. The fraction of sp³-hybridized carbons (Fsp3) is 0.355. The quantitative estimate of drug-likeness (QED) is 0.276. The molecule has 1 aliphatic heterocycles. The number of nitrogens with zero attached hydrogens (tertiary/aromatic N) is 7. The first-order chi connectivity index (χ1) is 20.2. The lowest BCUT2D eigenvalue weighted by atomic mass is 9.93. The summed E-state index contributed by atoms with van der Waals surface area (Å²) >= 11 is 1.63. The van der Waals surface area contributed by atoms with Crippen LogP contribution in [0.5, 0.6) is 0 Å². The predicted molar refractivity (Wildman–Crippen MR) is 165 cm³/mol. The second-order valence-corrected chi connectivity index (χ2v) is 12.6. The molecule has 3 aliphatic rings. The van der Waals surface area contributed by atoms with Crippen LogP contribution in [0.1, 0.15) is 25.7 Å². The lowest BCUT2D eigenvalue weighted by Gasteiger charge is -2.41. The smallest absolute Gasteiger partial charge is 0.241 e. The number of hydrogen-bond donors (Lipinski definition) is 2. The van der Waals surface area contributed by atoms with Gasteiger partial charge in [0.15, 0.2) is 5.82 Å². The molecule has 1 saturated heterocycles.